The number of hydrogen-bond donors (Lipinski definition) is 0. The van der Waals surface area contributed by atoms with Gasteiger partial charge in [-0.05, 0) is 139 Å². The number of fused-ring (bicyclic) bond motifs is 6. The van der Waals surface area contributed by atoms with Gasteiger partial charge >= 0.3 is 0 Å². The lowest BCUT2D eigenvalue weighted by Crippen LogP contribution is -2.17. The van der Waals surface area contributed by atoms with Crippen LogP contribution in [0.25, 0.3) is 76.8 Å². The Hall–Kier alpha value is -5.20. The van der Waals surface area contributed by atoms with Crippen LogP contribution < -0.4 is 0 Å². The molecule has 2 aliphatic rings. The summed E-state index contributed by atoms with van der Waals surface area (Å²) >= 11 is 0. The Bertz CT molecular complexity index is 2860. The fraction of sp³-hybridized carbons (Fsp3) is 0.259. The highest BCUT2D eigenvalue weighted by Gasteiger charge is 2.38. The Balaban J connectivity index is 1.04. The van der Waals surface area contributed by atoms with Crippen molar-refractivity contribution in [2.45, 2.75) is 90.9 Å². The van der Waals surface area contributed by atoms with Crippen LogP contribution in [0.15, 0.2) is 121 Å². The predicted molar refractivity (Wildman–Crippen MR) is 234 cm³/mol. The molecule has 0 spiro atoms. The summed E-state index contributed by atoms with van der Waals surface area (Å²) in [6.45, 7) is 23.5. The number of benzene rings is 8. The van der Waals surface area contributed by atoms with Gasteiger partial charge in [0.25, 0.3) is 0 Å². The molecule has 0 saturated heterocycles. The average molecular weight is 699 g/mol. The van der Waals surface area contributed by atoms with Crippen molar-refractivity contribution >= 4 is 32.3 Å². The highest BCUT2D eigenvalue weighted by atomic mass is 14.4. The molecule has 10 rings (SSSR count). The second-order valence-corrected chi connectivity index (χ2v) is 19.5. The fourth-order valence-corrected chi connectivity index (χ4v) is 9.97. The highest BCUT2D eigenvalue weighted by molar-refractivity contribution is 6.25. The topological polar surface area (TPSA) is 0 Å². The van der Waals surface area contributed by atoms with Crippen LogP contribution in [0, 0.1) is 0 Å². The summed E-state index contributed by atoms with van der Waals surface area (Å²) in [4.78, 5) is 0. The van der Waals surface area contributed by atoms with Crippen molar-refractivity contribution in [2.24, 2.45) is 0 Å². The van der Waals surface area contributed by atoms with Crippen molar-refractivity contribution in [3.05, 3.63) is 155 Å². The Kier molecular flexibility index (Phi) is 6.63. The van der Waals surface area contributed by atoms with E-state index in [1.165, 1.54) is 110 Å². The SMILES string of the molecule is CC(C)(C)c1ccc2c(c1)C(C)(C)c1cc(-c3ccc4c(c3)C(C)(C)c3cc(-c5ccc6ccc7cc(C(C)(C)C)cc8ccc5c6c78)ccc3-4)ccc1-2. The van der Waals surface area contributed by atoms with E-state index in [0.29, 0.717) is 0 Å². The first kappa shape index (κ1) is 33.4. The lowest BCUT2D eigenvalue weighted by atomic mass is 9.78. The minimum absolute atomic E-state index is 0.0505. The third-order valence-electron chi connectivity index (χ3n) is 13.3. The third kappa shape index (κ3) is 4.62. The second kappa shape index (κ2) is 10.7. The normalized spacial score (nSPS) is 15.5. The molecule has 8 aromatic rings. The van der Waals surface area contributed by atoms with Crippen LogP contribution in [-0.4, -0.2) is 0 Å². The molecule has 0 N–H and O–H groups in total. The molecule has 0 nitrogen and oxygen atoms in total. The maximum Gasteiger partial charge on any atom is 0.0159 e. The lowest BCUT2D eigenvalue weighted by Gasteiger charge is -2.25. The number of hydrogen-bond acceptors (Lipinski definition) is 0. The molecule has 54 heavy (non-hydrogen) atoms. The molecular formula is C54H50. The molecule has 0 saturated carbocycles. The molecule has 0 bridgehead atoms. The molecule has 266 valence electrons. The van der Waals surface area contributed by atoms with Gasteiger partial charge in [-0.1, -0.05) is 172 Å². The van der Waals surface area contributed by atoms with Gasteiger partial charge < -0.3 is 0 Å². The van der Waals surface area contributed by atoms with Gasteiger partial charge in [-0.2, -0.15) is 0 Å². The molecule has 0 amide bonds. The molecule has 0 heteroatoms. The van der Waals surface area contributed by atoms with Crippen molar-refractivity contribution in [1.82, 2.24) is 0 Å². The van der Waals surface area contributed by atoms with Gasteiger partial charge in [0.15, 0.2) is 0 Å². The van der Waals surface area contributed by atoms with Crippen molar-refractivity contribution in [3.63, 3.8) is 0 Å². The molecular weight excluding hydrogens is 649 g/mol. The highest BCUT2D eigenvalue weighted by Crippen LogP contribution is 2.53. The van der Waals surface area contributed by atoms with E-state index in [9.17, 15) is 0 Å². The fourth-order valence-electron chi connectivity index (χ4n) is 9.97. The summed E-state index contributed by atoms with van der Waals surface area (Å²) in [5, 5.41) is 8.08. The maximum atomic E-state index is 2.49. The summed E-state index contributed by atoms with van der Waals surface area (Å²) < 4.78 is 0. The zero-order valence-corrected chi connectivity index (χ0v) is 33.5. The first-order chi connectivity index (χ1) is 25.5. The molecule has 0 unspecified atom stereocenters. The van der Waals surface area contributed by atoms with E-state index in [4.69, 9.17) is 0 Å². The van der Waals surface area contributed by atoms with Crippen molar-refractivity contribution < 1.29 is 0 Å². The van der Waals surface area contributed by atoms with Gasteiger partial charge in [-0.25, -0.2) is 0 Å². The van der Waals surface area contributed by atoms with Gasteiger partial charge in [0.2, 0.25) is 0 Å². The van der Waals surface area contributed by atoms with Crippen LogP contribution >= 0.6 is 0 Å². The summed E-state index contributed by atoms with van der Waals surface area (Å²) in [5.74, 6) is 0. The van der Waals surface area contributed by atoms with E-state index in [1.54, 1.807) is 0 Å². The van der Waals surface area contributed by atoms with E-state index >= 15 is 0 Å². The Labute approximate surface area is 321 Å². The van der Waals surface area contributed by atoms with Crippen LogP contribution in [0.5, 0.6) is 0 Å². The minimum atomic E-state index is -0.126. The van der Waals surface area contributed by atoms with Gasteiger partial charge in [0, 0.05) is 10.8 Å². The van der Waals surface area contributed by atoms with E-state index in [0.717, 1.165) is 0 Å². The van der Waals surface area contributed by atoms with Gasteiger partial charge in [-0.3, -0.25) is 0 Å². The Morgan fingerprint density at radius 1 is 0.333 bits per heavy atom. The van der Waals surface area contributed by atoms with Gasteiger partial charge in [0.1, 0.15) is 0 Å². The van der Waals surface area contributed by atoms with Crippen LogP contribution in [0.2, 0.25) is 0 Å². The van der Waals surface area contributed by atoms with E-state index in [1.807, 2.05) is 0 Å². The molecule has 0 heterocycles. The van der Waals surface area contributed by atoms with Crippen LogP contribution in [0.4, 0.5) is 0 Å². The standard InChI is InChI=1S/C54H50/c1-51(2,3)37-18-24-43-41-21-15-33(28-46(41)54(9,10)48(43)30-37)32-14-20-40-42-22-16-34(29-47(42)53(7,8)45(40)27-32)39-19-13-31-11-12-35-25-38(52(4,5)6)26-36-17-23-44(39)50(31)49(35)36/h11-30H,1-10H3. The van der Waals surface area contributed by atoms with E-state index in [-0.39, 0.29) is 21.7 Å². The monoisotopic (exact) mass is 698 g/mol. The largest absolute Gasteiger partial charge is 0.0579 e. The van der Waals surface area contributed by atoms with Crippen LogP contribution in [-0.2, 0) is 21.7 Å². The van der Waals surface area contributed by atoms with Crippen molar-refractivity contribution in [2.75, 3.05) is 0 Å². The zero-order chi connectivity index (χ0) is 37.7. The molecule has 0 fully saturated rings. The van der Waals surface area contributed by atoms with Crippen LogP contribution in [0.1, 0.15) is 103 Å². The van der Waals surface area contributed by atoms with Crippen LogP contribution in [0.3, 0.4) is 0 Å². The van der Waals surface area contributed by atoms with E-state index < -0.39 is 0 Å². The maximum absolute atomic E-state index is 2.49. The first-order valence-electron chi connectivity index (χ1n) is 19.8. The zero-order valence-electron chi connectivity index (χ0n) is 33.5. The first-order valence-corrected chi connectivity index (χ1v) is 19.8. The summed E-state index contributed by atoms with van der Waals surface area (Å²) in [6.07, 6.45) is 0. The molecule has 0 radical (unpaired) electrons. The molecule has 2 aliphatic carbocycles. The Morgan fingerprint density at radius 3 is 1.28 bits per heavy atom. The minimum Gasteiger partial charge on any atom is -0.0579 e. The lowest BCUT2D eigenvalue weighted by molar-refractivity contribution is 0.584. The van der Waals surface area contributed by atoms with Crippen molar-refractivity contribution in [1.29, 1.82) is 0 Å². The second-order valence-electron chi connectivity index (χ2n) is 19.5. The molecule has 0 aromatic heterocycles. The molecule has 8 aromatic carbocycles. The molecule has 0 atom stereocenters. The van der Waals surface area contributed by atoms with Gasteiger partial charge in [0.05, 0.1) is 0 Å². The quantitative estimate of drug-likeness (QED) is 0.158. The third-order valence-corrected chi connectivity index (χ3v) is 13.3. The Morgan fingerprint density at radius 2 is 0.741 bits per heavy atom. The number of rotatable bonds is 2. The van der Waals surface area contributed by atoms with Crippen molar-refractivity contribution in [3.8, 4) is 44.5 Å². The molecule has 0 aliphatic heterocycles. The summed E-state index contributed by atoms with van der Waals surface area (Å²) in [6, 6.07) is 47.6. The summed E-state index contributed by atoms with van der Waals surface area (Å²) in [7, 11) is 0. The summed E-state index contributed by atoms with van der Waals surface area (Å²) in [5.41, 5.74) is 19.2. The van der Waals surface area contributed by atoms with Gasteiger partial charge in [-0.15, -0.1) is 0 Å². The van der Waals surface area contributed by atoms with E-state index in [2.05, 4.69) is 191 Å². The average Bonchev–Trinajstić information content (AvgIpc) is 3.51. The predicted octanol–water partition coefficient (Wildman–Crippen LogP) is 15.1. The smallest absolute Gasteiger partial charge is 0.0159 e.